The lowest BCUT2D eigenvalue weighted by molar-refractivity contribution is -0.124. The van der Waals surface area contributed by atoms with E-state index in [9.17, 15) is 20.1 Å². The van der Waals surface area contributed by atoms with Crippen LogP contribution in [0, 0.1) is 0 Å². The Kier molecular flexibility index (Phi) is 45.0. The van der Waals surface area contributed by atoms with Crippen LogP contribution in [0.4, 0.5) is 0 Å². The number of aliphatic hydroxyl groups is 3. The fraction of sp³-hybridized carbons (Fsp3) is 0.940. The van der Waals surface area contributed by atoms with Gasteiger partial charge in [-0.15, -0.1) is 0 Å². The molecule has 0 fully saturated rings. The molecule has 3 unspecified atom stereocenters. The Morgan fingerprint density at radius 2 is 0.727 bits per heavy atom. The first-order chi connectivity index (χ1) is 27.1. The van der Waals surface area contributed by atoms with Crippen molar-refractivity contribution in [2.24, 2.45) is 0 Å². The van der Waals surface area contributed by atoms with E-state index >= 15 is 0 Å². The first-order valence-electron chi connectivity index (χ1n) is 25.0. The summed E-state index contributed by atoms with van der Waals surface area (Å²) in [4.78, 5) is 12.5. The van der Waals surface area contributed by atoms with Crippen molar-refractivity contribution in [2.75, 3.05) is 6.61 Å². The van der Waals surface area contributed by atoms with Crippen LogP contribution in [0.25, 0.3) is 0 Å². The average molecular weight is 778 g/mol. The highest BCUT2D eigenvalue weighted by Gasteiger charge is 2.26. The predicted molar refractivity (Wildman–Crippen MR) is 241 cm³/mol. The summed E-state index contributed by atoms with van der Waals surface area (Å²) in [5, 5.41) is 33.6. The van der Waals surface area contributed by atoms with Crippen molar-refractivity contribution in [3.8, 4) is 0 Å². The number of carbonyl (C=O) groups is 1. The van der Waals surface area contributed by atoms with Gasteiger partial charge in [0.25, 0.3) is 0 Å². The van der Waals surface area contributed by atoms with Crippen molar-refractivity contribution in [2.45, 2.75) is 295 Å². The van der Waals surface area contributed by atoms with E-state index in [2.05, 4.69) is 31.3 Å². The zero-order chi connectivity index (χ0) is 40.1. The fourth-order valence-corrected chi connectivity index (χ4v) is 7.99. The van der Waals surface area contributed by atoms with E-state index < -0.39 is 18.2 Å². The Labute approximate surface area is 344 Å². The molecule has 0 aliphatic carbocycles. The number of amides is 1. The summed E-state index contributed by atoms with van der Waals surface area (Å²) in [6, 6.07) is -0.821. The minimum atomic E-state index is -1.15. The number of carbonyl (C=O) groups excluding carboxylic acids is 1. The average Bonchev–Trinajstić information content (AvgIpc) is 3.19. The van der Waals surface area contributed by atoms with Crippen LogP contribution >= 0.6 is 0 Å². The summed E-state index contributed by atoms with van der Waals surface area (Å²) < 4.78 is 0. The largest absolute Gasteiger partial charge is 0.394 e. The van der Waals surface area contributed by atoms with Gasteiger partial charge in [0.2, 0.25) is 5.91 Å². The van der Waals surface area contributed by atoms with Crippen molar-refractivity contribution in [3.63, 3.8) is 0 Å². The molecule has 0 rings (SSSR count). The van der Waals surface area contributed by atoms with Gasteiger partial charge in [0, 0.05) is 6.42 Å². The summed E-state index contributed by atoms with van der Waals surface area (Å²) in [6.45, 7) is 4.20. The van der Waals surface area contributed by atoms with Crippen molar-refractivity contribution >= 4 is 5.91 Å². The number of hydrogen-bond donors (Lipinski definition) is 4. The summed E-state index contributed by atoms with van der Waals surface area (Å²) in [7, 11) is 0. The molecular weight excluding hydrogens is 679 g/mol. The fourth-order valence-electron chi connectivity index (χ4n) is 7.99. The van der Waals surface area contributed by atoms with Crippen LogP contribution in [0.5, 0.6) is 0 Å². The lowest BCUT2D eigenvalue weighted by Gasteiger charge is -2.26. The second-order valence-electron chi connectivity index (χ2n) is 17.4. The first-order valence-corrected chi connectivity index (χ1v) is 25.0. The van der Waals surface area contributed by atoms with Crippen LogP contribution < -0.4 is 5.32 Å². The molecule has 0 saturated heterocycles. The van der Waals surface area contributed by atoms with Gasteiger partial charge in [-0.3, -0.25) is 4.79 Å². The molecule has 4 N–H and O–H groups in total. The zero-order valence-corrected chi connectivity index (χ0v) is 37.3. The zero-order valence-electron chi connectivity index (χ0n) is 37.3. The van der Waals surface area contributed by atoms with Crippen LogP contribution in [0.1, 0.15) is 277 Å². The molecule has 5 nitrogen and oxygen atoms in total. The molecule has 1 amide bonds. The molecule has 0 spiro atoms. The summed E-state index contributed by atoms with van der Waals surface area (Å²) in [5.41, 5.74) is 0. The number of rotatable bonds is 46. The van der Waals surface area contributed by atoms with E-state index in [-0.39, 0.29) is 12.5 Å². The van der Waals surface area contributed by atoms with Gasteiger partial charge in [-0.2, -0.15) is 0 Å². The van der Waals surface area contributed by atoms with Gasteiger partial charge in [-0.05, 0) is 38.5 Å². The second-order valence-corrected chi connectivity index (χ2v) is 17.4. The number of aliphatic hydroxyl groups excluding tert-OH is 3. The van der Waals surface area contributed by atoms with Crippen molar-refractivity contribution in [1.29, 1.82) is 0 Å². The SMILES string of the molecule is CCCCCCCCCCCCCC/C=C/CCCC(O)C(O)C(CO)NC(=O)CCCCCCCCCCCCCCCCCCCCCCCCCC. The molecule has 55 heavy (non-hydrogen) atoms. The number of allylic oxidation sites excluding steroid dienone is 2. The van der Waals surface area contributed by atoms with Gasteiger partial charge in [0.05, 0.1) is 18.8 Å². The lowest BCUT2D eigenvalue weighted by Crippen LogP contribution is -2.50. The van der Waals surface area contributed by atoms with Crippen molar-refractivity contribution in [3.05, 3.63) is 12.2 Å². The maximum atomic E-state index is 12.5. The Hall–Kier alpha value is -0.910. The van der Waals surface area contributed by atoms with E-state index in [1.54, 1.807) is 0 Å². The van der Waals surface area contributed by atoms with Gasteiger partial charge in [-0.1, -0.05) is 244 Å². The molecule has 0 radical (unpaired) electrons. The minimum Gasteiger partial charge on any atom is -0.394 e. The van der Waals surface area contributed by atoms with E-state index in [0.717, 1.165) is 38.5 Å². The highest BCUT2D eigenvalue weighted by molar-refractivity contribution is 5.76. The summed E-state index contributed by atoms with van der Waals surface area (Å²) in [6.07, 6.45) is 54.9. The van der Waals surface area contributed by atoms with E-state index in [1.165, 1.54) is 212 Å². The molecule has 0 saturated carbocycles. The molecule has 5 heteroatoms. The smallest absolute Gasteiger partial charge is 0.220 e. The number of hydrogen-bond acceptors (Lipinski definition) is 4. The minimum absolute atomic E-state index is 0.148. The predicted octanol–water partition coefficient (Wildman–Crippen LogP) is 14.8. The van der Waals surface area contributed by atoms with Crippen molar-refractivity contribution < 1.29 is 20.1 Å². The Morgan fingerprint density at radius 1 is 0.436 bits per heavy atom. The van der Waals surface area contributed by atoms with Gasteiger partial charge in [0.15, 0.2) is 0 Å². The Morgan fingerprint density at radius 3 is 1.05 bits per heavy atom. The standard InChI is InChI=1S/C50H99NO4/c1-3-5-7-9-11-13-15-17-19-21-22-23-24-25-26-27-29-31-33-35-37-39-41-43-45-49(54)51-47(46-52)50(55)48(53)44-42-40-38-36-34-32-30-28-20-18-16-14-12-10-8-6-4-2/h36,38,47-48,50,52-53,55H,3-35,37,39-46H2,1-2H3,(H,51,54)/b38-36+. The van der Waals surface area contributed by atoms with Crippen LogP contribution in [0.15, 0.2) is 12.2 Å². The second kappa shape index (κ2) is 45.8. The molecule has 0 aliphatic rings. The summed E-state index contributed by atoms with van der Waals surface area (Å²) >= 11 is 0. The molecule has 0 bridgehead atoms. The monoisotopic (exact) mass is 778 g/mol. The van der Waals surface area contributed by atoms with E-state index in [0.29, 0.717) is 12.8 Å². The Balaban J connectivity index is 3.56. The maximum Gasteiger partial charge on any atom is 0.220 e. The molecule has 0 aromatic carbocycles. The topological polar surface area (TPSA) is 89.8 Å². The highest BCUT2D eigenvalue weighted by atomic mass is 16.3. The van der Waals surface area contributed by atoms with Crippen LogP contribution in [0.3, 0.4) is 0 Å². The molecule has 3 atom stereocenters. The summed E-state index contributed by atoms with van der Waals surface area (Å²) in [5.74, 6) is -0.148. The lowest BCUT2D eigenvalue weighted by atomic mass is 10.0. The van der Waals surface area contributed by atoms with Crippen LogP contribution in [0.2, 0.25) is 0 Å². The molecule has 0 aromatic rings. The quantitative estimate of drug-likeness (QED) is 0.0366. The van der Waals surface area contributed by atoms with E-state index in [4.69, 9.17) is 0 Å². The molecule has 0 heterocycles. The third kappa shape index (κ3) is 41.1. The van der Waals surface area contributed by atoms with Gasteiger partial charge >= 0.3 is 0 Å². The maximum absolute atomic E-state index is 12.5. The highest BCUT2D eigenvalue weighted by Crippen LogP contribution is 2.17. The normalized spacial score (nSPS) is 13.5. The van der Waals surface area contributed by atoms with Crippen LogP contribution in [-0.4, -0.2) is 46.1 Å². The van der Waals surface area contributed by atoms with Gasteiger partial charge in [0.1, 0.15) is 6.10 Å². The third-order valence-corrected chi connectivity index (χ3v) is 11.9. The first kappa shape index (κ1) is 54.1. The third-order valence-electron chi connectivity index (χ3n) is 11.9. The van der Waals surface area contributed by atoms with Gasteiger partial charge in [-0.25, -0.2) is 0 Å². The number of unbranched alkanes of at least 4 members (excludes halogenated alkanes) is 36. The molecule has 0 aliphatic heterocycles. The van der Waals surface area contributed by atoms with Crippen molar-refractivity contribution in [1.82, 2.24) is 5.32 Å². The van der Waals surface area contributed by atoms with Gasteiger partial charge < -0.3 is 20.6 Å². The molecule has 328 valence electrons. The number of nitrogens with one attached hydrogen (secondary N) is 1. The molecular formula is C50H99NO4. The van der Waals surface area contributed by atoms with Crippen LogP contribution in [-0.2, 0) is 4.79 Å². The Bertz CT molecular complexity index is 773. The van der Waals surface area contributed by atoms with E-state index in [1.807, 2.05) is 0 Å². The molecule has 0 aromatic heterocycles.